The molecule has 3 heteroatoms. The van der Waals surface area contributed by atoms with Crippen LogP contribution >= 0.6 is 0 Å². The van der Waals surface area contributed by atoms with Crippen LogP contribution in [0.5, 0.6) is 0 Å². The molecule has 0 bridgehead atoms. The molecule has 0 spiro atoms. The Bertz CT molecular complexity index is 304. The summed E-state index contributed by atoms with van der Waals surface area (Å²) in [5.41, 5.74) is 6.85. The molecular weight excluding hydrogens is 164 g/mol. The average Bonchev–Trinajstić information content (AvgIpc) is 2.19. The summed E-state index contributed by atoms with van der Waals surface area (Å²) in [5.74, 6) is 0. The number of nitrogens with two attached hydrogens (primary N) is 1. The first-order valence-electron chi connectivity index (χ1n) is 4.14. The molecule has 0 aliphatic heterocycles. The molecule has 68 valence electrons. The molecule has 0 aliphatic carbocycles. The fraction of sp³-hybridized carbons (Fsp3) is 0.300. The van der Waals surface area contributed by atoms with Crippen molar-refractivity contribution in [3.63, 3.8) is 0 Å². The first-order chi connectivity index (χ1) is 6.38. The molecule has 1 aromatic rings. The van der Waals surface area contributed by atoms with Crippen LogP contribution in [0, 0.1) is 11.3 Å². The largest absolute Gasteiger partial charge is 0.375 e. The van der Waals surface area contributed by atoms with E-state index in [0.29, 0.717) is 25.3 Å². The highest BCUT2D eigenvalue weighted by molar-refractivity contribution is 5.36. The van der Waals surface area contributed by atoms with Crippen molar-refractivity contribution >= 4 is 0 Å². The van der Waals surface area contributed by atoms with E-state index in [1.54, 1.807) is 6.07 Å². The fourth-order valence-corrected chi connectivity index (χ4v) is 1.02. The Morgan fingerprint density at radius 3 is 2.85 bits per heavy atom. The quantitative estimate of drug-likeness (QED) is 0.697. The van der Waals surface area contributed by atoms with Crippen LogP contribution in [0.3, 0.4) is 0 Å². The maximum Gasteiger partial charge on any atom is 0.0995 e. The van der Waals surface area contributed by atoms with Crippen LogP contribution in [0.4, 0.5) is 0 Å². The number of rotatable bonds is 4. The second-order valence-corrected chi connectivity index (χ2v) is 2.61. The van der Waals surface area contributed by atoms with Crippen LogP contribution in [0.25, 0.3) is 0 Å². The number of hydrogen-bond donors (Lipinski definition) is 1. The predicted octanol–water partition coefficient (Wildman–Crippen LogP) is 1.03. The Hall–Kier alpha value is -1.37. The molecule has 13 heavy (non-hydrogen) atoms. The van der Waals surface area contributed by atoms with Crippen LogP contribution in [0.1, 0.15) is 11.1 Å². The summed E-state index contributed by atoms with van der Waals surface area (Å²) in [6.07, 6.45) is 0. The van der Waals surface area contributed by atoms with Gasteiger partial charge in [-0.3, -0.25) is 0 Å². The zero-order valence-corrected chi connectivity index (χ0v) is 7.36. The molecule has 2 N–H and O–H groups in total. The van der Waals surface area contributed by atoms with Gasteiger partial charge in [0.2, 0.25) is 0 Å². The molecule has 0 unspecified atom stereocenters. The summed E-state index contributed by atoms with van der Waals surface area (Å²) in [6, 6.07) is 9.50. The van der Waals surface area contributed by atoms with Crippen LogP contribution in [-0.2, 0) is 11.3 Å². The lowest BCUT2D eigenvalue weighted by Crippen LogP contribution is -2.08. The standard InChI is InChI=1S/C10H12N2O/c11-5-6-13-8-10-4-2-1-3-9(10)7-12/h1-4H,5-6,8,11H2. The lowest BCUT2D eigenvalue weighted by Gasteiger charge is -2.03. The van der Waals surface area contributed by atoms with Gasteiger partial charge in [0, 0.05) is 6.54 Å². The minimum atomic E-state index is 0.459. The van der Waals surface area contributed by atoms with Gasteiger partial charge in [0.05, 0.1) is 24.8 Å². The van der Waals surface area contributed by atoms with Crippen LogP contribution in [0.15, 0.2) is 24.3 Å². The van der Waals surface area contributed by atoms with Crippen molar-refractivity contribution in [1.29, 1.82) is 5.26 Å². The summed E-state index contributed by atoms with van der Waals surface area (Å²) >= 11 is 0. The first-order valence-corrected chi connectivity index (χ1v) is 4.14. The average molecular weight is 176 g/mol. The molecule has 1 aromatic carbocycles. The Morgan fingerprint density at radius 2 is 2.15 bits per heavy atom. The topological polar surface area (TPSA) is 59.0 Å². The highest BCUT2D eigenvalue weighted by Gasteiger charge is 1.99. The maximum atomic E-state index is 8.74. The molecule has 0 amide bonds. The summed E-state index contributed by atoms with van der Waals surface area (Å²) in [7, 11) is 0. The molecule has 0 heterocycles. The van der Waals surface area contributed by atoms with Crippen molar-refractivity contribution in [3.8, 4) is 6.07 Å². The second kappa shape index (κ2) is 5.31. The third-order valence-corrected chi connectivity index (χ3v) is 1.66. The van der Waals surface area contributed by atoms with Crippen molar-refractivity contribution in [2.45, 2.75) is 6.61 Å². The van der Waals surface area contributed by atoms with Gasteiger partial charge < -0.3 is 10.5 Å². The Labute approximate surface area is 77.7 Å². The minimum Gasteiger partial charge on any atom is -0.375 e. The number of nitrogens with zero attached hydrogens (tertiary/aromatic N) is 1. The van der Waals surface area contributed by atoms with Crippen molar-refractivity contribution in [2.24, 2.45) is 5.73 Å². The van der Waals surface area contributed by atoms with E-state index >= 15 is 0 Å². The molecule has 0 saturated carbocycles. The van der Waals surface area contributed by atoms with Crippen molar-refractivity contribution in [3.05, 3.63) is 35.4 Å². The van der Waals surface area contributed by atoms with Gasteiger partial charge in [-0.25, -0.2) is 0 Å². The molecule has 0 aliphatic rings. The third kappa shape index (κ3) is 2.86. The van der Waals surface area contributed by atoms with Gasteiger partial charge in [-0.1, -0.05) is 18.2 Å². The van der Waals surface area contributed by atoms with E-state index in [9.17, 15) is 0 Å². The Morgan fingerprint density at radius 1 is 1.38 bits per heavy atom. The second-order valence-electron chi connectivity index (χ2n) is 2.61. The summed E-state index contributed by atoms with van der Waals surface area (Å²) in [6.45, 7) is 1.50. The van der Waals surface area contributed by atoms with Gasteiger partial charge in [-0.15, -0.1) is 0 Å². The fourth-order valence-electron chi connectivity index (χ4n) is 1.02. The van der Waals surface area contributed by atoms with E-state index in [2.05, 4.69) is 6.07 Å². The predicted molar refractivity (Wildman–Crippen MR) is 49.9 cm³/mol. The van der Waals surface area contributed by atoms with Crippen LogP contribution < -0.4 is 5.73 Å². The van der Waals surface area contributed by atoms with E-state index in [1.165, 1.54) is 0 Å². The van der Waals surface area contributed by atoms with Gasteiger partial charge in [-0.05, 0) is 11.6 Å². The lowest BCUT2D eigenvalue weighted by atomic mass is 10.1. The Kier molecular flexibility index (Phi) is 3.97. The first kappa shape index (κ1) is 9.72. The van der Waals surface area contributed by atoms with Gasteiger partial charge in [0.1, 0.15) is 0 Å². The Balaban J connectivity index is 2.60. The van der Waals surface area contributed by atoms with Crippen LogP contribution in [0.2, 0.25) is 0 Å². The van der Waals surface area contributed by atoms with Gasteiger partial charge in [-0.2, -0.15) is 5.26 Å². The number of hydrogen-bond acceptors (Lipinski definition) is 3. The molecule has 0 aromatic heterocycles. The number of nitriles is 1. The number of ether oxygens (including phenoxy) is 1. The van der Waals surface area contributed by atoms with Gasteiger partial charge in [0.25, 0.3) is 0 Å². The summed E-state index contributed by atoms with van der Waals surface area (Å²) in [5, 5.41) is 8.74. The summed E-state index contributed by atoms with van der Waals surface area (Å²) < 4.78 is 5.24. The van der Waals surface area contributed by atoms with E-state index in [1.807, 2.05) is 18.2 Å². The third-order valence-electron chi connectivity index (χ3n) is 1.66. The zero-order chi connectivity index (χ0) is 9.52. The smallest absolute Gasteiger partial charge is 0.0995 e. The van der Waals surface area contributed by atoms with E-state index in [4.69, 9.17) is 15.7 Å². The molecular formula is C10H12N2O. The van der Waals surface area contributed by atoms with Gasteiger partial charge in [0.15, 0.2) is 0 Å². The van der Waals surface area contributed by atoms with E-state index in [-0.39, 0.29) is 0 Å². The molecule has 0 radical (unpaired) electrons. The summed E-state index contributed by atoms with van der Waals surface area (Å²) in [4.78, 5) is 0. The number of benzene rings is 1. The zero-order valence-electron chi connectivity index (χ0n) is 7.36. The maximum absolute atomic E-state index is 8.74. The normalized spacial score (nSPS) is 9.54. The van der Waals surface area contributed by atoms with Crippen molar-refractivity contribution in [2.75, 3.05) is 13.2 Å². The minimum absolute atomic E-state index is 0.459. The van der Waals surface area contributed by atoms with E-state index < -0.39 is 0 Å². The van der Waals surface area contributed by atoms with Crippen molar-refractivity contribution < 1.29 is 4.74 Å². The molecule has 0 atom stereocenters. The van der Waals surface area contributed by atoms with Crippen LogP contribution in [-0.4, -0.2) is 13.2 Å². The molecule has 0 saturated heterocycles. The molecule has 0 fully saturated rings. The highest BCUT2D eigenvalue weighted by atomic mass is 16.5. The highest BCUT2D eigenvalue weighted by Crippen LogP contribution is 2.07. The lowest BCUT2D eigenvalue weighted by molar-refractivity contribution is 0.128. The van der Waals surface area contributed by atoms with Crippen molar-refractivity contribution in [1.82, 2.24) is 0 Å². The van der Waals surface area contributed by atoms with Gasteiger partial charge >= 0.3 is 0 Å². The molecule has 1 rings (SSSR count). The SMILES string of the molecule is N#Cc1ccccc1COCCN. The monoisotopic (exact) mass is 176 g/mol. The molecule has 3 nitrogen and oxygen atoms in total. The van der Waals surface area contributed by atoms with E-state index in [0.717, 1.165) is 5.56 Å².